The molecule has 0 aliphatic carbocycles. The van der Waals surface area contributed by atoms with Crippen LogP contribution in [0.5, 0.6) is 0 Å². The Morgan fingerprint density at radius 3 is 1.13 bits per heavy atom. The van der Waals surface area contributed by atoms with Gasteiger partial charge in [0.15, 0.2) is 10.5 Å². The third-order valence-corrected chi connectivity index (χ3v) is 1.89. The van der Waals surface area contributed by atoms with Crippen LogP contribution in [-0.2, 0) is 18.6 Å². The highest BCUT2D eigenvalue weighted by Crippen LogP contribution is 2.22. The molecule has 4 nitrogen and oxygen atoms in total. The average Bonchev–Trinajstić information content (AvgIpc) is 1.99. The maximum Gasteiger partial charge on any atom is 0.402 e. The van der Waals surface area contributed by atoms with Crippen molar-refractivity contribution >= 4 is 10.5 Å². The molecule has 0 aromatic carbocycles. The zero-order chi connectivity index (χ0) is 12.1. The fourth-order valence-electron chi connectivity index (χ4n) is 1.09. The van der Waals surface area contributed by atoms with Crippen LogP contribution in [0, 0.1) is 0 Å². The number of hydrogen-bond donors (Lipinski definition) is 0. The lowest BCUT2D eigenvalue weighted by Crippen LogP contribution is -2.46. The van der Waals surface area contributed by atoms with Gasteiger partial charge in [0, 0.05) is 0 Å². The molecule has 0 N–H and O–H groups in total. The van der Waals surface area contributed by atoms with Crippen LogP contribution in [0.3, 0.4) is 0 Å². The highest BCUT2D eigenvalue weighted by atomic mass is 28.2. The monoisotopic (exact) mass is 236 g/mol. The van der Waals surface area contributed by atoms with Gasteiger partial charge in [-0.05, 0) is 41.5 Å². The Morgan fingerprint density at radius 2 is 1.00 bits per heavy atom. The minimum absolute atomic E-state index is 0.0172. The van der Waals surface area contributed by atoms with E-state index in [1.165, 1.54) is 0 Å². The first-order valence-electron chi connectivity index (χ1n) is 5.40. The van der Waals surface area contributed by atoms with E-state index >= 15 is 0 Å². The number of ether oxygens (including phenoxy) is 3. The predicted molar refractivity (Wildman–Crippen MR) is 62.4 cm³/mol. The molecule has 15 heavy (non-hydrogen) atoms. The summed E-state index contributed by atoms with van der Waals surface area (Å²) >= 11 is 0. The van der Waals surface area contributed by atoms with E-state index in [1.54, 1.807) is 0 Å². The maximum absolute atomic E-state index is 5.58. The first-order chi connectivity index (χ1) is 6.81. The molecule has 0 spiro atoms. The van der Waals surface area contributed by atoms with E-state index in [4.69, 9.17) is 18.6 Å². The first kappa shape index (κ1) is 15.1. The lowest BCUT2D eigenvalue weighted by atomic mass is 10.4. The van der Waals surface area contributed by atoms with Crippen molar-refractivity contribution in [3.63, 3.8) is 0 Å². The Hall–Kier alpha value is 0.0569. The second-order valence-electron chi connectivity index (χ2n) is 4.20. The van der Waals surface area contributed by atoms with Gasteiger partial charge in [-0.3, -0.25) is 0 Å². The second kappa shape index (κ2) is 6.60. The molecule has 0 fully saturated rings. The molecule has 0 saturated carbocycles. The van der Waals surface area contributed by atoms with E-state index < -0.39 is 6.16 Å². The SMILES string of the molecule is CC(C)OC(O[SiH3])(OC(C)C)OC(C)C. The van der Waals surface area contributed by atoms with E-state index in [0.29, 0.717) is 10.5 Å². The fourth-order valence-corrected chi connectivity index (χ4v) is 1.38. The molecule has 0 radical (unpaired) electrons. The van der Waals surface area contributed by atoms with Crippen LogP contribution in [0.1, 0.15) is 41.5 Å². The molecular formula is C10H24O4Si. The fraction of sp³-hybridized carbons (Fsp3) is 1.00. The molecule has 0 amide bonds. The largest absolute Gasteiger partial charge is 0.402 e. The quantitative estimate of drug-likeness (QED) is 0.491. The molecule has 5 heteroatoms. The van der Waals surface area contributed by atoms with Crippen LogP contribution < -0.4 is 0 Å². The van der Waals surface area contributed by atoms with Crippen LogP contribution in [-0.4, -0.2) is 35.0 Å². The maximum atomic E-state index is 5.58. The summed E-state index contributed by atoms with van der Waals surface area (Å²) in [5.41, 5.74) is 0. The van der Waals surface area contributed by atoms with Crippen molar-refractivity contribution in [3.8, 4) is 0 Å². The third-order valence-electron chi connectivity index (χ3n) is 1.39. The summed E-state index contributed by atoms with van der Waals surface area (Å²) in [4.78, 5) is 0. The second-order valence-corrected chi connectivity index (χ2v) is 4.61. The van der Waals surface area contributed by atoms with Gasteiger partial charge in [0.1, 0.15) is 0 Å². The summed E-state index contributed by atoms with van der Waals surface area (Å²) < 4.78 is 22.1. The minimum atomic E-state index is -1.33. The molecule has 92 valence electrons. The summed E-state index contributed by atoms with van der Waals surface area (Å²) in [5, 5.41) is 0. The Morgan fingerprint density at radius 1 is 0.733 bits per heavy atom. The van der Waals surface area contributed by atoms with E-state index in [9.17, 15) is 0 Å². The average molecular weight is 236 g/mol. The highest BCUT2D eigenvalue weighted by Gasteiger charge is 2.37. The van der Waals surface area contributed by atoms with E-state index in [0.717, 1.165) is 0 Å². The Kier molecular flexibility index (Phi) is 6.62. The van der Waals surface area contributed by atoms with Crippen LogP contribution in [0.15, 0.2) is 0 Å². The van der Waals surface area contributed by atoms with E-state index in [2.05, 4.69) is 0 Å². The first-order valence-corrected chi connectivity index (χ1v) is 6.21. The highest BCUT2D eigenvalue weighted by molar-refractivity contribution is 5.98. The summed E-state index contributed by atoms with van der Waals surface area (Å²) in [6.45, 7) is 11.5. The summed E-state index contributed by atoms with van der Waals surface area (Å²) in [5.74, 6) is 0. The molecule has 0 saturated heterocycles. The van der Waals surface area contributed by atoms with E-state index in [-0.39, 0.29) is 18.3 Å². The molecule has 0 unspecified atom stereocenters. The van der Waals surface area contributed by atoms with Crippen molar-refractivity contribution in [3.05, 3.63) is 0 Å². The van der Waals surface area contributed by atoms with Crippen molar-refractivity contribution in [1.29, 1.82) is 0 Å². The number of rotatable bonds is 7. The molecule has 0 aliphatic heterocycles. The van der Waals surface area contributed by atoms with Crippen molar-refractivity contribution in [2.45, 2.75) is 66.0 Å². The van der Waals surface area contributed by atoms with Crippen LogP contribution in [0.4, 0.5) is 0 Å². The van der Waals surface area contributed by atoms with Gasteiger partial charge in [-0.2, -0.15) is 0 Å². The van der Waals surface area contributed by atoms with Crippen LogP contribution in [0.2, 0.25) is 0 Å². The van der Waals surface area contributed by atoms with Crippen LogP contribution >= 0.6 is 0 Å². The minimum Gasteiger partial charge on any atom is -0.357 e. The van der Waals surface area contributed by atoms with Gasteiger partial charge in [0.05, 0.1) is 18.3 Å². The molecule has 0 aromatic rings. The van der Waals surface area contributed by atoms with Gasteiger partial charge in [-0.15, -0.1) is 0 Å². The Labute approximate surface area is 95.8 Å². The predicted octanol–water partition coefficient (Wildman–Crippen LogP) is 1.17. The van der Waals surface area contributed by atoms with Crippen molar-refractivity contribution in [1.82, 2.24) is 0 Å². The zero-order valence-electron chi connectivity index (χ0n) is 10.9. The van der Waals surface area contributed by atoms with Gasteiger partial charge in [-0.1, -0.05) is 0 Å². The smallest absolute Gasteiger partial charge is 0.357 e. The van der Waals surface area contributed by atoms with Gasteiger partial charge in [0.2, 0.25) is 0 Å². The van der Waals surface area contributed by atoms with Gasteiger partial charge in [-0.25, -0.2) is 0 Å². The lowest BCUT2D eigenvalue weighted by Gasteiger charge is -2.35. The molecule has 0 bridgehead atoms. The van der Waals surface area contributed by atoms with E-state index in [1.807, 2.05) is 41.5 Å². The molecule has 0 aromatic heterocycles. The van der Waals surface area contributed by atoms with Gasteiger partial charge >= 0.3 is 6.16 Å². The normalized spacial score (nSPS) is 13.4. The van der Waals surface area contributed by atoms with Crippen molar-refractivity contribution in [2.24, 2.45) is 0 Å². The molecule has 0 rings (SSSR count). The Bertz CT molecular complexity index is 144. The van der Waals surface area contributed by atoms with Gasteiger partial charge in [0.25, 0.3) is 0 Å². The Balaban J connectivity index is 4.59. The molecule has 0 heterocycles. The summed E-state index contributed by atoms with van der Waals surface area (Å²) in [6.07, 6.45) is -1.38. The molecule has 0 atom stereocenters. The summed E-state index contributed by atoms with van der Waals surface area (Å²) in [6, 6.07) is 0. The van der Waals surface area contributed by atoms with Crippen LogP contribution in [0.25, 0.3) is 0 Å². The standard InChI is InChI=1S/C10H24O4Si/c1-7(2)11-10(14-15,12-8(3)4)13-9(5)6/h7-9H,1-6,15H3. The van der Waals surface area contributed by atoms with Gasteiger partial charge < -0.3 is 18.6 Å². The van der Waals surface area contributed by atoms with Crippen molar-refractivity contribution in [2.75, 3.05) is 0 Å². The summed E-state index contributed by atoms with van der Waals surface area (Å²) in [7, 11) is 0.487. The topological polar surface area (TPSA) is 36.9 Å². The van der Waals surface area contributed by atoms with Crippen molar-refractivity contribution < 1.29 is 18.6 Å². The molecular weight excluding hydrogens is 212 g/mol. The number of hydrogen-bond acceptors (Lipinski definition) is 4. The molecule has 0 aliphatic rings. The zero-order valence-corrected chi connectivity index (χ0v) is 12.9. The lowest BCUT2D eigenvalue weighted by molar-refractivity contribution is -0.493. The third kappa shape index (κ3) is 6.27.